The average molecular weight is 246 g/mol. The van der Waals surface area contributed by atoms with E-state index in [1.165, 1.54) is 0 Å². The molecular weight excluding hydrogens is 228 g/mol. The fourth-order valence-corrected chi connectivity index (χ4v) is 1.67. The van der Waals surface area contributed by atoms with E-state index in [0.717, 1.165) is 25.1 Å². The van der Waals surface area contributed by atoms with Crippen LogP contribution in [0.25, 0.3) is 0 Å². The number of rotatable bonds is 6. The van der Waals surface area contributed by atoms with Crippen LogP contribution in [0.5, 0.6) is 0 Å². The van der Waals surface area contributed by atoms with Crippen LogP contribution in [0.3, 0.4) is 0 Å². The minimum Gasteiger partial charge on any atom is -0.398 e. The van der Waals surface area contributed by atoms with Gasteiger partial charge < -0.3 is 16.4 Å². The molecule has 5 nitrogen and oxygen atoms in total. The van der Waals surface area contributed by atoms with Crippen LogP contribution in [0, 0.1) is 11.3 Å². The highest BCUT2D eigenvalue weighted by Gasteiger charge is 2.10. The van der Waals surface area contributed by atoms with Gasteiger partial charge in [-0.15, -0.1) is 0 Å². The van der Waals surface area contributed by atoms with Crippen LogP contribution in [0.15, 0.2) is 18.2 Å². The monoisotopic (exact) mass is 246 g/mol. The Morgan fingerprint density at radius 2 is 2.22 bits per heavy atom. The number of primary amides is 1. The highest BCUT2D eigenvalue weighted by molar-refractivity contribution is 5.80. The van der Waals surface area contributed by atoms with Gasteiger partial charge in [-0.05, 0) is 24.6 Å². The van der Waals surface area contributed by atoms with Crippen molar-refractivity contribution in [2.24, 2.45) is 5.73 Å². The molecule has 0 unspecified atom stereocenters. The van der Waals surface area contributed by atoms with Gasteiger partial charge in [0.15, 0.2) is 0 Å². The third kappa shape index (κ3) is 3.67. The number of unbranched alkanes of at least 4 members (excludes halogenated alkanes) is 1. The molecule has 0 spiro atoms. The third-order valence-corrected chi connectivity index (χ3v) is 2.65. The molecule has 4 N–H and O–H groups in total. The van der Waals surface area contributed by atoms with Crippen molar-refractivity contribution >= 4 is 17.3 Å². The van der Waals surface area contributed by atoms with Crippen molar-refractivity contribution < 1.29 is 4.79 Å². The lowest BCUT2D eigenvalue weighted by Gasteiger charge is -2.23. The molecule has 1 amide bonds. The van der Waals surface area contributed by atoms with E-state index >= 15 is 0 Å². The molecule has 0 heterocycles. The normalized spacial score (nSPS) is 9.78. The fraction of sp³-hybridized carbons (Fsp3) is 0.385. The van der Waals surface area contributed by atoms with Crippen LogP contribution in [0.2, 0.25) is 0 Å². The SMILES string of the molecule is CCCCN(CC(N)=O)c1ccc(N)c(C#N)c1. The largest absolute Gasteiger partial charge is 0.398 e. The quantitative estimate of drug-likeness (QED) is 0.738. The number of nitriles is 1. The second-order valence-electron chi connectivity index (χ2n) is 4.12. The van der Waals surface area contributed by atoms with E-state index in [-0.39, 0.29) is 12.5 Å². The van der Waals surface area contributed by atoms with E-state index in [4.69, 9.17) is 16.7 Å². The molecule has 1 aromatic carbocycles. The van der Waals surface area contributed by atoms with Gasteiger partial charge in [-0.3, -0.25) is 4.79 Å². The van der Waals surface area contributed by atoms with Crippen molar-refractivity contribution in [1.29, 1.82) is 5.26 Å². The van der Waals surface area contributed by atoms with E-state index in [1.54, 1.807) is 18.2 Å². The maximum absolute atomic E-state index is 11.1. The van der Waals surface area contributed by atoms with Crippen LogP contribution < -0.4 is 16.4 Å². The van der Waals surface area contributed by atoms with E-state index in [2.05, 4.69) is 6.92 Å². The summed E-state index contributed by atoms with van der Waals surface area (Å²) in [7, 11) is 0. The zero-order valence-electron chi connectivity index (χ0n) is 10.5. The number of hydrogen-bond donors (Lipinski definition) is 2. The standard InChI is InChI=1S/C13H18N4O/c1-2-3-6-17(9-13(16)18)11-4-5-12(15)10(7-11)8-14/h4-5,7H,2-3,6,9,15H2,1H3,(H2,16,18). The van der Waals surface area contributed by atoms with Gasteiger partial charge in [-0.25, -0.2) is 0 Å². The summed E-state index contributed by atoms with van der Waals surface area (Å²) in [5.74, 6) is -0.388. The third-order valence-electron chi connectivity index (χ3n) is 2.65. The molecule has 0 radical (unpaired) electrons. The lowest BCUT2D eigenvalue weighted by Crippen LogP contribution is -2.34. The molecule has 96 valence electrons. The number of hydrogen-bond acceptors (Lipinski definition) is 4. The second-order valence-corrected chi connectivity index (χ2v) is 4.12. The zero-order valence-corrected chi connectivity index (χ0v) is 10.5. The van der Waals surface area contributed by atoms with Crippen molar-refractivity contribution in [2.45, 2.75) is 19.8 Å². The van der Waals surface area contributed by atoms with Gasteiger partial charge in [0.25, 0.3) is 0 Å². The number of nitrogens with zero attached hydrogens (tertiary/aromatic N) is 2. The van der Waals surface area contributed by atoms with Gasteiger partial charge in [0.2, 0.25) is 5.91 Å². The van der Waals surface area contributed by atoms with Crippen molar-refractivity contribution in [3.8, 4) is 6.07 Å². The molecule has 0 bridgehead atoms. The summed E-state index contributed by atoms with van der Waals surface area (Å²) in [6.45, 7) is 2.95. The van der Waals surface area contributed by atoms with Gasteiger partial charge >= 0.3 is 0 Å². The smallest absolute Gasteiger partial charge is 0.236 e. The number of nitrogen functional groups attached to an aromatic ring is 1. The first kappa shape index (κ1) is 13.8. The van der Waals surface area contributed by atoms with Gasteiger partial charge in [-0.2, -0.15) is 5.26 Å². The summed E-state index contributed by atoms with van der Waals surface area (Å²) >= 11 is 0. The molecule has 0 aliphatic heterocycles. The summed E-state index contributed by atoms with van der Waals surface area (Å²) in [5.41, 5.74) is 12.6. The predicted molar refractivity (Wildman–Crippen MR) is 71.9 cm³/mol. The predicted octanol–water partition coefficient (Wildman–Crippen LogP) is 1.23. The Morgan fingerprint density at radius 3 is 2.78 bits per heavy atom. The molecular formula is C13H18N4O. The number of carbonyl (C=O) groups is 1. The van der Waals surface area contributed by atoms with Gasteiger partial charge in [0.05, 0.1) is 12.1 Å². The Morgan fingerprint density at radius 1 is 1.50 bits per heavy atom. The summed E-state index contributed by atoms with van der Waals surface area (Å²) in [6.07, 6.45) is 1.98. The second kappa shape index (κ2) is 6.50. The van der Waals surface area contributed by atoms with Crippen molar-refractivity contribution in [2.75, 3.05) is 23.7 Å². The first-order valence-electron chi connectivity index (χ1n) is 5.91. The zero-order chi connectivity index (χ0) is 13.5. The Hall–Kier alpha value is -2.22. The maximum atomic E-state index is 11.1. The molecule has 0 aliphatic carbocycles. The fourth-order valence-electron chi connectivity index (χ4n) is 1.67. The summed E-state index contributed by atoms with van der Waals surface area (Å²) in [4.78, 5) is 12.9. The Kier molecular flexibility index (Phi) is 5.00. The lowest BCUT2D eigenvalue weighted by molar-refractivity contribution is -0.116. The minimum absolute atomic E-state index is 0.148. The first-order chi connectivity index (χ1) is 8.58. The van der Waals surface area contributed by atoms with Crippen molar-refractivity contribution in [3.63, 3.8) is 0 Å². The summed E-state index contributed by atoms with van der Waals surface area (Å²) in [5, 5.41) is 8.94. The van der Waals surface area contributed by atoms with E-state index in [1.807, 2.05) is 11.0 Å². The Balaban J connectivity index is 2.97. The van der Waals surface area contributed by atoms with Crippen LogP contribution in [-0.4, -0.2) is 19.0 Å². The van der Waals surface area contributed by atoms with Gasteiger partial charge in [0, 0.05) is 17.9 Å². The Bertz CT molecular complexity index is 465. The van der Waals surface area contributed by atoms with Crippen molar-refractivity contribution in [3.05, 3.63) is 23.8 Å². The molecule has 18 heavy (non-hydrogen) atoms. The topological polar surface area (TPSA) is 96.1 Å². The molecule has 0 atom stereocenters. The molecule has 5 heteroatoms. The van der Waals surface area contributed by atoms with Crippen LogP contribution in [0.4, 0.5) is 11.4 Å². The average Bonchev–Trinajstić information content (AvgIpc) is 2.34. The maximum Gasteiger partial charge on any atom is 0.236 e. The van der Waals surface area contributed by atoms with Crippen LogP contribution >= 0.6 is 0 Å². The number of nitrogens with two attached hydrogens (primary N) is 2. The highest BCUT2D eigenvalue weighted by atomic mass is 16.1. The lowest BCUT2D eigenvalue weighted by atomic mass is 10.1. The van der Waals surface area contributed by atoms with Crippen LogP contribution in [-0.2, 0) is 4.79 Å². The Labute approximate surface area is 107 Å². The first-order valence-corrected chi connectivity index (χ1v) is 5.91. The van der Waals surface area contributed by atoms with Crippen LogP contribution in [0.1, 0.15) is 25.3 Å². The molecule has 0 fully saturated rings. The molecule has 1 rings (SSSR count). The summed E-state index contributed by atoms with van der Waals surface area (Å²) in [6, 6.07) is 7.20. The van der Waals surface area contributed by atoms with Gasteiger partial charge in [-0.1, -0.05) is 13.3 Å². The van der Waals surface area contributed by atoms with E-state index in [9.17, 15) is 4.79 Å². The molecule has 1 aromatic rings. The summed E-state index contributed by atoms with van der Waals surface area (Å²) < 4.78 is 0. The highest BCUT2D eigenvalue weighted by Crippen LogP contribution is 2.21. The van der Waals surface area contributed by atoms with Crippen molar-refractivity contribution in [1.82, 2.24) is 0 Å². The molecule has 0 aromatic heterocycles. The minimum atomic E-state index is -0.388. The van der Waals surface area contributed by atoms with E-state index in [0.29, 0.717) is 11.3 Å². The van der Waals surface area contributed by atoms with Gasteiger partial charge in [0.1, 0.15) is 6.07 Å². The van der Waals surface area contributed by atoms with E-state index < -0.39 is 0 Å². The number of carbonyl (C=O) groups excluding carboxylic acids is 1. The molecule has 0 aliphatic rings. The number of amides is 1. The molecule has 0 saturated heterocycles. The number of anilines is 2. The number of benzene rings is 1. The molecule has 0 saturated carbocycles.